The fourth-order valence-electron chi connectivity index (χ4n) is 2.37. The fourth-order valence-corrected chi connectivity index (χ4v) is 2.37. The predicted molar refractivity (Wildman–Crippen MR) is 54.1 cm³/mol. The summed E-state index contributed by atoms with van der Waals surface area (Å²) in [5.41, 5.74) is 0.923. The van der Waals surface area contributed by atoms with Crippen molar-refractivity contribution in [3.05, 3.63) is 11.6 Å². The first kappa shape index (κ1) is 10.2. The minimum absolute atomic E-state index is 0.148. The van der Waals surface area contributed by atoms with Gasteiger partial charge in [-0.15, -0.1) is 0 Å². The molecular weight excluding hydrogens is 194 g/mol. The van der Waals surface area contributed by atoms with Gasteiger partial charge in [0.1, 0.15) is 0 Å². The van der Waals surface area contributed by atoms with Crippen LogP contribution in [0.4, 0.5) is 0 Å². The van der Waals surface area contributed by atoms with Gasteiger partial charge in [0, 0.05) is 12.6 Å². The summed E-state index contributed by atoms with van der Waals surface area (Å²) in [5, 5.41) is 0. The molecule has 2 aliphatic rings. The molecule has 4 nitrogen and oxygen atoms in total. The third-order valence-electron chi connectivity index (χ3n) is 3.11. The zero-order chi connectivity index (χ0) is 10.8. The molecule has 2 aliphatic heterocycles. The van der Waals surface area contributed by atoms with Crippen molar-refractivity contribution in [3.8, 4) is 0 Å². The Balaban J connectivity index is 2.17. The lowest BCUT2D eigenvalue weighted by Gasteiger charge is -2.29. The van der Waals surface area contributed by atoms with Gasteiger partial charge in [0.05, 0.1) is 19.6 Å². The Hall–Kier alpha value is -1.32. The third kappa shape index (κ3) is 1.89. The quantitative estimate of drug-likeness (QED) is 0.475. The Labute approximate surface area is 88.9 Å². The van der Waals surface area contributed by atoms with E-state index in [1.54, 1.807) is 0 Å². The molecule has 1 atom stereocenters. The van der Waals surface area contributed by atoms with Crippen LogP contribution in [0.5, 0.6) is 0 Å². The van der Waals surface area contributed by atoms with Crippen LogP contribution >= 0.6 is 0 Å². The molecular formula is C11H15NO3. The average Bonchev–Trinajstić information content (AvgIpc) is 2.57. The molecule has 1 unspecified atom stereocenters. The highest BCUT2D eigenvalue weighted by atomic mass is 16.5. The monoisotopic (exact) mass is 209 g/mol. The van der Waals surface area contributed by atoms with Gasteiger partial charge in [-0.2, -0.15) is 0 Å². The number of methoxy groups -OCH3 is 1. The maximum Gasteiger partial charge on any atom is 0.330 e. The number of carbonyl (C=O) groups excluding carboxylic acids is 2. The number of ether oxygens (including phenoxy) is 1. The Bertz CT molecular complexity index is 322. The molecule has 0 N–H and O–H groups in total. The standard InChI is InChI=1S/C11H15NO3/c1-15-11(14)7-8-6-10(13)12-5-3-2-4-9(8)12/h7,9H,2-6H2,1H3/b8-7-. The van der Waals surface area contributed by atoms with Crippen molar-refractivity contribution < 1.29 is 14.3 Å². The second-order valence-corrected chi connectivity index (χ2v) is 4.02. The van der Waals surface area contributed by atoms with Gasteiger partial charge in [0.15, 0.2) is 0 Å². The van der Waals surface area contributed by atoms with Crippen molar-refractivity contribution in [3.63, 3.8) is 0 Å². The largest absolute Gasteiger partial charge is 0.466 e. The van der Waals surface area contributed by atoms with Gasteiger partial charge in [-0.05, 0) is 24.8 Å². The van der Waals surface area contributed by atoms with Crippen molar-refractivity contribution in [1.82, 2.24) is 4.90 Å². The van der Waals surface area contributed by atoms with Crippen LogP contribution in [-0.4, -0.2) is 36.5 Å². The van der Waals surface area contributed by atoms with Crippen LogP contribution in [0.1, 0.15) is 25.7 Å². The van der Waals surface area contributed by atoms with E-state index in [0.717, 1.165) is 31.4 Å². The van der Waals surface area contributed by atoms with E-state index in [2.05, 4.69) is 4.74 Å². The van der Waals surface area contributed by atoms with Crippen molar-refractivity contribution >= 4 is 11.9 Å². The molecule has 0 radical (unpaired) electrons. The highest BCUT2D eigenvalue weighted by molar-refractivity contribution is 5.89. The van der Waals surface area contributed by atoms with E-state index in [0.29, 0.717) is 6.42 Å². The molecule has 0 aromatic carbocycles. The van der Waals surface area contributed by atoms with Crippen molar-refractivity contribution in [1.29, 1.82) is 0 Å². The van der Waals surface area contributed by atoms with Crippen LogP contribution in [0.3, 0.4) is 0 Å². The summed E-state index contributed by atoms with van der Waals surface area (Å²) in [6, 6.07) is 0.158. The Kier molecular flexibility index (Phi) is 2.75. The second-order valence-electron chi connectivity index (χ2n) is 4.02. The predicted octanol–water partition coefficient (Wildman–Crippen LogP) is 0.871. The molecule has 2 saturated heterocycles. The van der Waals surface area contributed by atoms with Gasteiger partial charge >= 0.3 is 5.97 Å². The number of carbonyl (C=O) groups is 2. The van der Waals surface area contributed by atoms with E-state index in [-0.39, 0.29) is 17.9 Å². The average molecular weight is 209 g/mol. The van der Waals surface area contributed by atoms with Crippen LogP contribution < -0.4 is 0 Å². The molecule has 0 aliphatic carbocycles. The number of hydrogen-bond donors (Lipinski definition) is 0. The SMILES string of the molecule is COC(=O)/C=C1/CC(=O)N2CCCCC12. The number of rotatable bonds is 1. The van der Waals surface area contributed by atoms with Crippen molar-refractivity contribution in [2.45, 2.75) is 31.7 Å². The molecule has 1 amide bonds. The number of amides is 1. The normalized spacial score (nSPS) is 28.1. The number of esters is 1. The first-order valence-corrected chi connectivity index (χ1v) is 5.30. The lowest BCUT2D eigenvalue weighted by atomic mass is 9.98. The van der Waals surface area contributed by atoms with E-state index >= 15 is 0 Å². The lowest BCUT2D eigenvalue weighted by molar-refractivity contribution is -0.135. The molecule has 2 fully saturated rings. The maximum atomic E-state index is 11.6. The summed E-state index contributed by atoms with van der Waals surface area (Å²) in [6.45, 7) is 0.835. The highest BCUT2D eigenvalue weighted by Crippen LogP contribution is 2.32. The zero-order valence-electron chi connectivity index (χ0n) is 8.86. The number of piperidine rings is 1. The van der Waals surface area contributed by atoms with Gasteiger partial charge in [-0.3, -0.25) is 4.79 Å². The Morgan fingerprint density at radius 1 is 1.53 bits per heavy atom. The van der Waals surface area contributed by atoms with E-state index in [1.807, 2.05) is 4.90 Å². The van der Waals surface area contributed by atoms with Gasteiger partial charge in [0.2, 0.25) is 5.91 Å². The summed E-state index contributed by atoms with van der Waals surface area (Å²) in [7, 11) is 1.36. The van der Waals surface area contributed by atoms with E-state index in [9.17, 15) is 9.59 Å². The molecule has 0 saturated carbocycles. The van der Waals surface area contributed by atoms with Crippen LogP contribution in [0.2, 0.25) is 0 Å². The Morgan fingerprint density at radius 3 is 3.07 bits per heavy atom. The minimum atomic E-state index is -0.356. The smallest absolute Gasteiger partial charge is 0.330 e. The molecule has 4 heteroatoms. The first-order valence-electron chi connectivity index (χ1n) is 5.30. The van der Waals surface area contributed by atoms with Crippen molar-refractivity contribution in [2.75, 3.05) is 13.7 Å². The van der Waals surface area contributed by atoms with Crippen LogP contribution in [0, 0.1) is 0 Å². The van der Waals surface area contributed by atoms with Crippen LogP contribution in [-0.2, 0) is 14.3 Å². The van der Waals surface area contributed by atoms with Crippen molar-refractivity contribution in [2.24, 2.45) is 0 Å². The lowest BCUT2D eigenvalue weighted by Crippen LogP contribution is -2.37. The molecule has 15 heavy (non-hydrogen) atoms. The van der Waals surface area contributed by atoms with Crippen LogP contribution in [0.25, 0.3) is 0 Å². The molecule has 0 spiro atoms. The fraction of sp³-hybridized carbons (Fsp3) is 0.636. The molecule has 2 rings (SSSR count). The van der Waals surface area contributed by atoms with Crippen LogP contribution in [0.15, 0.2) is 11.6 Å². The molecule has 0 aromatic rings. The first-order chi connectivity index (χ1) is 7.22. The summed E-state index contributed by atoms with van der Waals surface area (Å²) >= 11 is 0. The number of hydrogen-bond acceptors (Lipinski definition) is 3. The van der Waals surface area contributed by atoms with Gasteiger partial charge in [-0.1, -0.05) is 0 Å². The van der Waals surface area contributed by atoms with E-state index < -0.39 is 0 Å². The van der Waals surface area contributed by atoms with Gasteiger partial charge < -0.3 is 9.64 Å². The number of fused-ring (bicyclic) bond motifs is 1. The molecule has 2 heterocycles. The maximum absolute atomic E-state index is 11.6. The topological polar surface area (TPSA) is 46.6 Å². The van der Waals surface area contributed by atoms with E-state index in [4.69, 9.17) is 0 Å². The zero-order valence-corrected chi connectivity index (χ0v) is 8.86. The van der Waals surface area contributed by atoms with Gasteiger partial charge in [0.25, 0.3) is 0 Å². The second kappa shape index (κ2) is 4.04. The highest BCUT2D eigenvalue weighted by Gasteiger charge is 2.36. The molecule has 82 valence electrons. The Morgan fingerprint density at radius 2 is 2.33 bits per heavy atom. The minimum Gasteiger partial charge on any atom is -0.466 e. The summed E-state index contributed by atoms with van der Waals surface area (Å²) in [4.78, 5) is 24.6. The number of nitrogens with zero attached hydrogens (tertiary/aromatic N) is 1. The third-order valence-corrected chi connectivity index (χ3v) is 3.11. The van der Waals surface area contributed by atoms with Gasteiger partial charge in [-0.25, -0.2) is 4.79 Å². The summed E-state index contributed by atoms with van der Waals surface area (Å²) < 4.78 is 4.58. The summed E-state index contributed by atoms with van der Waals surface area (Å²) in [5.74, 6) is -0.208. The molecule has 0 aromatic heterocycles. The summed E-state index contributed by atoms with van der Waals surface area (Å²) in [6.07, 6.45) is 5.06. The molecule has 0 bridgehead atoms. The van der Waals surface area contributed by atoms with E-state index in [1.165, 1.54) is 13.2 Å².